The van der Waals surface area contributed by atoms with E-state index in [1.807, 2.05) is 48.5 Å². The van der Waals surface area contributed by atoms with Crippen LogP contribution in [0.4, 0.5) is 11.5 Å². The fourth-order valence-electron chi connectivity index (χ4n) is 2.50. The zero-order chi connectivity index (χ0) is 16.5. The second kappa shape index (κ2) is 5.86. The molecule has 0 radical (unpaired) electrons. The molecule has 4 rings (SSSR count). The molecule has 118 valence electrons. The van der Waals surface area contributed by atoms with E-state index in [1.54, 1.807) is 22.8 Å². The molecule has 2 aromatic heterocycles. The number of rotatable bonds is 3. The van der Waals surface area contributed by atoms with Crippen molar-refractivity contribution < 1.29 is 5.11 Å². The van der Waals surface area contributed by atoms with E-state index < -0.39 is 0 Å². The first-order chi connectivity index (χ1) is 11.7. The Kier molecular flexibility index (Phi) is 3.55. The van der Waals surface area contributed by atoms with Gasteiger partial charge in [0.05, 0.1) is 11.9 Å². The third-order valence-electron chi connectivity index (χ3n) is 3.62. The minimum absolute atomic E-state index is 0.224. The minimum atomic E-state index is 0.224. The number of anilines is 2. The lowest BCUT2D eigenvalue weighted by molar-refractivity contribution is 0.475. The fourth-order valence-corrected chi connectivity index (χ4v) is 2.69. The molecule has 0 aliphatic heterocycles. The number of aromatic hydroxyl groups is 1. The Morgan fingerprint density at radius 3 is 2.62 bits per heavy atom. The van der Waals surface area contributed by atoms with Crippen molar-refractivity contribution in [2.75, 3.05) is 5.32 Å². The van der Waals surface area contributed by atoms with Gasteiger partial charge in [0.2, 0.25) is 0 Å². The minimum Gasteiger partial charge on any atom is -0.508 e. The van der Waals surface area contributed by atoms with Crippen LogP contribution in [0.1, 0.15) is 0 Å². The largest absolute Gasteiger partial charge is 0.508 e. The number of phenolic OH excluding ortho intramolecular Hbond substituents is 1. The number of nitrogens with one attached hydrogen (secondary N) is 1. The molecule has 0 atom stereocenters. The number of benzene rings is 2. The highest BCUT2D eigenvalue weighted by Gasteiger charge is 2.09. The normalized spacial score (nSPS) is 10.9. The Labute approximate surface area is 143 Å². The summed E-state index contributed by atoms with van der Waals surface area (Å²) < 4.78 is 1.73. The number of aromatic nitrogens is 3. The maximum absolute atomic E-state index is 9.46. The number of halogens is 1. The summed E-state index contributed by atoms with van der Waals surface area (Å²) >= 11 is 6.05. The van der Waals surface area contributed by atoms with E-state index in [1.165, 1.54) is 0 Å². The third-order valence-corrected chi connectivity index (χ3v) is 3.85. The average Bonchev–Trinajstić information content (AvgIpc) is 3.04. The SMILES string of the molecule is Oc1ccc(-c2cc(Nc3cccc(Cl)c3)n3nccc3n2)cc1. The molecule has 5 nitrogen and oxygen atoms in total. The van der Waals surface area contributed by atoms with Gasteiger partial charge in [0.1, 0.15) is 11.6 Å². The average molecular weight is 337 g/mol. The molecule has 0 bridgehead atoms. The molecule has 6 heteroatoms. The molecule has 0 amide bonds. The quantitative estimate of drug-likeness (QED) is 0.578. The predicted molar refractivity (Wildman–Crippen MR) is 94.8 cm³/mol. The van der Waals surface area contributed by atoms with E-state index in [0.717, 1.165) is 28.4 Å². The van der Waals surface area contributed by atoms with Crippen molar-refractivity contribution in [2.45, 2.75) is 0 Å². The van der Waals surface area contributed by atoms with Crippen LogP contribution in [0.5, 0.6) is 5.75 Å². The molecular formula is C18H13ClN4O. The highest BCUT2D eigenvalue weighted by molar-refractivity contribution is 6.30. The van der Waals surface area contributed by atoms with E-state index in [4.69, 9.17) is 11.6 Å². The van der Waals surface area contributed by atoms with Gasteiger partial charge in [0, 0.05) is 28.4 Å². The molecule has 0 spiro atoms. The molecule has 4 aromatic rings. The molecule has 24 heavy (non-hydrogen) atoms. The topological polar surface area (TPSA) is 62.5 Å². The third kappa shape index (κ3) is 2.77. The van der Waals surface area contributed by atoms with Crippen molar-refractivity contribution in [3.63, 3.8) is 0 Å². The molecule has 2 heterocycles. The molecule has 0 unspecified atom stereocenters. The molecule has 0 aliphatic rings. The van der Waals surface area contributed by atoms with Crippen LogP contribution in [0.15, 0.2) is 66.9 Å². The lowest BCUT2D eigenvalue weighted by atomic mass is 10.1. The van der Waals surface area contributed by atoms with Crippen LogP contribution in [-0.4, -0.2) is 19.7 Å². The highest BCUT2D eigenvalue weighted by atomic mass is 35.5. The molecular weight excluding hydrogens is 324 g/mol. The summed E-state index contributed by atoms with van der Waals surface area (Å²) in [6.07, 6.45) is 1.70. The first-order valence-corrected chi connectivity index (χ1v) is 7.74. The van der Waals surface area contributed by atoms with Gasteiger partial charge in [-0.3, -0.25) is 0 Å². The van der Waals surface area contributed by atoms with Gasteiger partial charge >= 0.3 is 0 Å². The standard InChI is InChI=1S/C18H13ClN4O/c19-13-2-1-3-14(10-13)21-18-11-16(12-4-6-15(24)7-5-12)22-17-8-9-20-23(17)18/h1-11,21,24H. The Bertz CT molecular complexity index is 1010. The maximum atomic E-state index is 9.46. The van der Waals surface area contributed by atoms with Crippen molar-refractivity contribution in [2.24, 2.45) is 0 Å². The monoisotopic (exact) mass is 336 g/mol. The van der Waals surface area contributed by atoms with E-state index >= 15 is 0 Å². The zero-order valence-corrected chi connectivity index (χ0v) is 13.3. The Balaban J connectivity index is 1.82. The van der Waals surface area contributed by atoms with Crippen LogP contribution in [0, 0.1) is 0 Å². The highest BCUT2D eigenvalue weighted by Crippen LogP contribution is 2.26. The summed E-state index contributed by atoms with van der Waals surface area (Å²) in [6.45, 7) is 0. The Morgan fingerprint density at radius 1 is 1.00 bits per heavy atom. The Hall–Kier alpha value is -3.05. The summed E-state index contributed by atoms with van der Waals surface area (Å²) in [7, 11) is 0. The second-order valence-corrected chi connectivity index (χ2v) is 5.75. The zero-order valence-electron chi connectivity index (χ0n) is 12.5. The molecule has 0 fully saturated rings. The Morgan fingerprint density at radius 2 is 1.83 bits per heavy atom. The summed E-state index contributed by atoms with van der Waals surface area (Å²) in [5.41, 5.74) is 3.28. The van der Waals surface area contributed by atoms with E-state index in [-0.39, 0.29) is 5.75 Å². The first kappa shape index (κ1) is 14.5. The van der Waals surface area contributed by atoms with Gasteiger partial charge in [-0.25, -0.2) is 4.98 Å². The number of nitrogens with zero attached hydrogens (tertiary/aromatic N) is 3. The van der Waals surface area contributed by atoms with Crippen LogP contribution in [-0.2, 0) is 0 Å². The van der Waals surface area contributed by atoms with Gasteiger partial charge < -0.3 is 10.4 Å². The van der Waals surface area contributed by atoms with Crippen LogP contribution >= 0.6 is 11.6 Å². The van der Waals surface area contributed by atoms with Crippen LogP contribution in [0.25, 0.3) is 16.9 Å². The maximum Gasteiger partial charge on any atom is 0.157 e. The van der Waals surface area contributed by atoms with Gasteiger partial charge in [-0.15, -0.1) is 0 Å². The second-order valence-electron chi connectivity index (χ2n) is 5.31. The first-order valence-electron chi connectivity index (χ1n) is 7.36. The summed E-state index contributed by atoms with van der Waals surface area (Å²) in [5.74, 6) is 0.997. The van der Waals surface area contributed by atoms with E-state index in [9.17, 15) is 5.11 Å². The number of phenols is 1. The summed E-state index contributed by atoms with van der Waals surface area (Å²) in [6, 6.07) is 18.2. The van der Waals surface area contributed by atoms with Gasteiger partial charge in [-0.05, 0) is 42.5 Å². The number of hydrogen-bond donors (Lipinski definition) is 2. The van der Waals surface area contributed by atoms with Gasteiger partial charge in [-0.1, -0.05) is 17.7 Å². The predicted octanol–water partition coefficient (Wildman–Crippen LogP) is 4.50. The molecule has 2 N–H and O–H groups in total. The molecule has 2 aromatic carbocycles. The van der Waals surface area contributed by atoms with Crippen molar-refractivity contribution in [1.29, 1.82) is 0 Å². The lowest BCUT2D eigenvalue weighted by Gasteiger charge is -2.11. The van der Waals surface area contributed by atoms with Crippen LogP contribution < -0.4 is 5.32 Å². The van der Waals surface area contributed by atoms with Crippen molar-refractivity contribution in [1.82, 2.24) is 14.6 Å². The van der Waals surface area contributed by atoms with E-state index in [0.29, 0.717) is 5.02 Å². The van der Waals surface area contributed by atoms with Gasteiger partial charge in [0.15, 0.2) is 5.65 Å². The summed E-state index contributed by atoms with van der Waals surface area (Å²) in [4.78, 5) is 4.61. The lowest BCUT2D eigenvalue weighted by Crippen LogP contribution is -2.02. The fraction of sp³-hybridized carbons (Fsp3) is 0. The molecule has 0 saturated heterocycles. The van der Waals surface area contributed by atoms with Crippen LogP contribution in [0.2, 0.25) is 5.02 Å². The van der Waals surface area contributed by atoms with Gasteiger partial charge in [-0.2, -0.15) is 9.61 Å². The van der Waals surface area contributed by atoms with Crippen molar-refractivity contribution >= 4 is 28.8 Å². The van der Waals surface area contributed by atoms with Gasteiger partial charge in [0.25, 0.3) is 0 Å². The number of fused-ring (bicyclic) bond motifs is 1. The van der Waals surface area contributed by atoms with Crippen LogP contribution in [0.3, 0.4) is 0 Å². The van der Waals surface area contributed by atoms with E-state index in [2.05, 4.69) is 15.4 Å². The number of hydrogen-bond acceptors (Lipinski definition) is 4. The van der Waals surface area contributed by atoms with Crippen molar-refractivity contribution in [3.8, 4) is 17.0 Å². The summed E-state index contributed by atoms with van der Waals surface area (Å²) in [5, 5.41) is 17.7. The molecule has 0 saturated carbocycles. The van der Waals surface area contributed by atoms with Crippen molar-refractivity contribution in [3.05, 3.63) is 71.9 Å². The molecule has 0 aliphatic carbocycles. The smallest absolute Gasteiger partial charge is 0.157 e.